The van der Waals surface area contributed by atoms with Gasteiger partial charge in [-0.25, -0.2) is 9.59 Å². The topological polar surface area (TPSA) is 83.1 Å². The summed E-state index contributed by atoms with van der Waals surface area (Å²) in [4.78, 5) is 22.9. The van der Waals surface area contributed by atoms with Gasteiger partial charge in [0, 0.05) is 7.11 Å². The van der Waals surface area contributed by atoms with E-state index in [0.717, 1.165) is 0 Å². The highest BCUT2D eigenvalue weighted by atomic mass is 16.7. The van der Waals surface area contributed by atoms with Crippen LogP contribution in [0.3, 0.4) is 0 Å². The number of amides is 1. The van der Waals surface area contributed by atoms with Crippen molar-refractivity contribution in [2.24, 2.45) is 0 Å². The highest BCUT2D eigenvalue weighted by Crippen LogP contribution is 2.07. The maximum absolute atomic E-state index is 11.5. The van der Waals surface area contributed by atoms with E-state index in [9.17, 15) is 9.59 Å². The van der Waals surface area contributed by atoms with E-state index in [1.807, 2.05) is 0 Å². The Morgan fingerprint density at radius 3 is 2.28 bits per heavy atom. The fourth-order valence-corrected chi connectivity index (χ4v) is 1.01. The third-order valence-electron chi connectivity index (χ3n) is 1.66. The van der Waals surface area contributed by atoms with Crippen LogP contribution in [0.2, 0.25) is 0 Å². The van der Waals surface area contributed by atoms with Crippen LogP contribution >= 0.6 is 0 Å². The number of alkyl carbamates (subject to hydrolysis) is 1. The van der Waals surface area contributed by atoms with Crippen molar-refractivity contribution in [3.63, 3.8) is 0 Å². The minimum atomic E-state index is -0.931. The molecular weight excluding hydrogens is 242 g/mol. The molecule has 7 nitrogen and oxygen atoms in total. The molecular formula is C11H21NO6. The molecule has 0 bridgehead atoms. The molecule has 0 aromatic heterocycles. The predicted molar refractivity (Wildman–Crippen MR) is 63.0 cm³/mol. The third-order valence-corrected chi connectivity index (χ3v) is 1.66. The van der Waals surface area contributed by atoms with Gasteiger partial charge in [0.2, 0.25) is 0 Å². The monoisotopic (exact) mass is 263 g/mol. The van der Waals surface area contributed by atoms with Gasteiger partial charge in [0.15, 0.2) is 6.04 Å². The van der Waals surface area contributed by atoms with E-state index in [4.69, 9.17) is 9.47 Å². The van der Waals surface area contributed by atoms with Gasteiger partial charge in [-0.3, -0.25) is 0 Å². The number of carbonyl (C=O) groups excluding carboxylic acids is 2. The maximum Gasteiger partial charge on any atom is 0.408 e. The second kappa shape index (κ2) is 7.88. The number of carbonyl (C=O) groups is 2. The van der Waals surface area contributed by atoms with Crippen LogP contribution in [0.4, 0.5) is 4.79 Å². The molecule has 0 radical (unpaired) electrons. The van der Waals surface area contributed by atoms with Crippen molar-refractivity contribution in [3.05, 3.63) is 0 Å². The first kappa shape index (κ1) is 16.7. The number of hydrogen-bond acceptors (Lipinski definition) is 6. The fourth-order valence-electron chi connectivity index (χ4n) is 1.01. The Morgan fingerprint density at radius 1 is 1.22 bits per heavy atom. The number of hydrogen-bond donors (Lipinski definition) is 1. The van der Waals surface area contributed by atoms with E-state index in [0.29, 0.717) is 0 Å². The first-order chi connectivity index (χ1) is 8.30. The van der Waals surface area contributed by atoms with Crippen LogP contribution in [0.5, 0.6) is 0 Å². The normalized spacial score (nSPS) is 12.7. The Labute approximate surface area is 107 Å². The summed E-state index contributed by atoms with van der Waals surface area (Å²) in [6.45, 7) is 5.13. The molecule has 0 rings (SSSR count). The van der Waals surface area contributed by atoms with E-state index in [2.05, 4.69) is 14.8 Å². The van der Waals surface area contributed by atoms with Crippen LogP contribution < -0.4 is 5.32 Å². The molecule has 1 amide bonds. The summed E-state index contributed by atoms with van der Waals surface area (Å²) >= 11 is 0. The second-order valence-corrected chi connectivity index (χ2v) is 4.50. The molecule has 1 atom stereocenters. The van der Waals surface area contributed by atoms with E-state index >= 15 is 0 Å². The molecule has 0 heterocycles. The molecule has 106 valence electrons. The highest BCUT2D eigenvalue weighted by Gasteiger charge is 2.25. The van der Waals surface area contributed by atoms with Gasteiger partial charge in [-0.1, -0.05) is 0 Å². The lowest BCUT2D eigenvalue weighted by molar-refractivity contribution is -0.146. The second-order valence-electron chi connectivity index (χ2n) is 4.50. The molecule has 0 saturated heterocycles. The summed E-state index contributed by atoms with van der Waals surface area (Å²) < 4.78 is 19.2. The molecule has 0 aliphatic carbocycles. The van der Waals surface area contributed by atoms with Gasteiger partial charge in [0.05, 0.1) is 13.7 Å². The Morgan fingerprint density at radius 2 is 1.83 bits per heavy atom. The van der Waals surface area contributed by atoms with Gasteiger partial charge in [-0.05, 0) is 20.8 Å². The molecule has 0 saturated carbocycles. The first-order valence-electron chi connectivity index (χ1n) is 5.44. The summed E-state index contributed by atoms with van der Waals surface area (Å²) in [6, 6.07) is -0.931. The maximum atomic E-state index is 11.5. The largest absolute Gasteiger partial charge is 0.467 e. The van der Waals surface area contributed by atoms with Crippen molar-refractivity contribution in [1.82, 2.24) is 5.32 Å². The number of nitrogens with one attached hydrogen (secondary N) is 1. The van der Waals surface area contributed by atoms with Gasteiger partial charge >= 0.3 is 12.1 Å². The summed E-state index contributed by atoms with van der Waals surface area (Å²) in [5.41, 5.74) is -0.641. The van der Waals surface area contributed by atoms with E-state index < -0.39 is 23.7 Å². The standard InChI is InChI=1S/C11H21NO6/c1-11(2,3)18-10(14)12-8(9(13)16-5)6-17-7-15-4/h8H,6-7H2,1-5H3,(H,12,14)/t8-/m0/s1. The highest BCUT2D eigenvalue weighted by molar-refractivity contribution is 5.81. The quantitative estimate of drug-likeness (QED) is 0.431. The molecule has 1 N–H and O–H groups in total. The van der Waals surface area contributed by atoms with E-state index in [1.54, 1.807) is 20.8 Å². The van der Waals surface area contributed by atoms with Crippen LogP contribution in [0.25, 0.3) is 0 Å². The Bertz CT molecular complexity index is 273. The Kier molecular flexibility index (Phi) is 7.30. The molecule has 0 fully saturated rings. The molecule has 0 unspecified atom stereocenters. The number of esters is 1. The van der Waals surface area contributed by atoms with Crippen molar-refractivity contribution in [3.8, 4) is 0 Å². The molecule has 0 aromatic carbocycles. The van der Waals surface area contributed by atoms with Gasteiger partial charge in [-0.2, -0.15) is 0 Å². The number of rotatable bonds is 6. The van der Waals surface area contributed by atoms with Gasteiger partial charge in [0.1, 0.15) is 12.4 Å². The van der Waals surface area contributed by atoms with Crippen molar-refractivity contribution in [1.29, 1.82) is 0 Å². The van der Waals surface area contributed by atoms with E-state index in [1.165, 1.54) is 14.2 Å². The lowest BCUT2D eigenvalue weighted by atomic mass is 10.2. The van der Waals surface area contributed by atoms with Crippen LogP contribution in [-0.2, 0) is 23.7 Å². The average molecular weight is 263 g/mol. The average Bonchev–Trinajstić information content (AvgIpc) is 2.24. The predicted octanol–water partition coefficient (Wildman–Crippen LogP) is 0.673. The minimum absolute atomic E-state index is 0.0174. The van der Waals surface area contributed by atoms with Crippen molar-refractivity contribution >= 4 is 12.1 Å². The van der Waals surface area contributed by atoms with E-state index in [-0.39, 0.29) is 13.4 Å². The summed E-state index contributed by atoms with van der Waals surface area (Å²) in [5, 5.41) is 2.37. The van der Waals surface area contributed by atoms with Crippen LogP contribution in [0.15, 0.2) is 0 Å². The SMILES string of the molecule is COCOC[C@H](NC(=O)OC(C)(C)C)C(=O)OC. The Hall–Kier alpha value is -1.34. The summed E-state index contributed by atoms with van der Waals surface area (Å²) in [7, 11) is 2.68. The zero-order valence-corrected chi connectivity index (χ0v) is 11.4. The van der Waals surface area contributed by atoms with Crippen LogP contribution in [-0.4, -0.2) is 51.3 Å². The molecule has 0 spiro atoms. The summed E-state index contributed by atoms with van der Waals surface area (Å²) in [6.07, 6.45) is -0.709. The van der Waals surface area contributed by atoms with Crippen molar-refractivity contribution < 1.29 is 28.5 Å². The number of methoxy groups -OCH3 is 2. The molecule has 0 aliphatic rings. The first-order valence-corrected chi connectivity index (χ1v) is 5.44. The molecule has 0 aliphatic heterocycles. The van der Waals surface area contributed by atoms with Crippen LogP contribution in [0, 0.1) is 0 Å². The van der Waals surface area contributed by atoms with Gasteiger partial charge in [0.25, 0.3) is 0 Å². The lowest BCUT2D eigenvalue weighted by Gasteiger charge is -2.22. The number of ether oxygens (including phenoxy) is 4. The summed E-state index contributed by atoms with van der Waals surface area (Å²) in [5.74, 6) is -0.614. The van der Waals surface area contributed by atoms with Crippen molar-refractivity contribution in [2.45, 2.75) is 32.4 Å². The molecule has 0 aromatic rings. The zero-order valence-electron chi connectivity index (χ0n) is 11.4. The van der Waals surface area contributed by atoms with Crippen molar-refractivity contribution in [2.75, 3.05) is 27.6 Å². The van der Waals surface area contributed by atoms with Gasteiger partial charge in [-0.15, -0.1) is 0 Å². The third kappa shape index (κ3) is 7.86. The Balaban J connectivity index is 4.31. The lowest BCUT2D eigenvalue weighted by Crippen LogP contribution is -2.46. The molecule has 18 heavy (non-hydrogen) atoms. The zero-order chi connectivity index (χ0) is 14.2. The minimum Gasteiger partial charge on any atom is -0.467 e. The van der Waals surface area contributed by atoms with Crippen LogP contribution in [0.1, 0.15) is 20.8 Å². The molecule has 7 heteroatoms. The van der Waals surface area contributed by atoms with Gasteiger partial charge < -0.3 is 24.3 Å². The fraction of sp³-hybridized carbons (Fsp3) is 0.818. The smallest absolute Gasteiger partial charge is 0.408 e.